The Morgan fingerprint density at radius 1 is 0.431 bits per heavy atom. The summed E-state index contributed by atoms with van der Waals surface area (Å²) >= 11 is 3.77. The van der Waals surface area contributed by atoms with Gasteiger partial charge in [-0.05, 0) is 88.0 Å². The van der Waals surface area contributed by atoms with Crippen molar-refractivity contribution in [2.45, 2.75) is 26.2 Å². The molecular weight excluding hydrogens is 655 g/mol. The molecule has 0 bridgehead atoms. The molecule has 0 atom stereocenters. The smallest absolute Gasteiger partial charge is 0.252 e. The van der Waals surface area contributed by atoms with E-state index in [9.17, 15) is 0 Å². The lowest BCUT2D eigenvalue weighted by Crippen LogP contribution is -2.61. The zero-order valence-electron chi connectivity index (χ0n) is 28.6. The van der Waals surface area contributed by atoms with E-state index in [2.05, 4.69) is 176 Å². The first-order valence-corrected chi connectivity index (χ1v) is 19.4. The van der Waals surface area contributed by atoms with E-state index in [-0.39, 0.29) is 12.1 Å². The molecule has 11 rings (SSSR count). The van der Waals surface area contributed by atoms with Crippen molar-refractivity contribution in [3.8, 4) is 0 Å². The molecule has 2 aliphatic heterocycles. The number of fused-ring (bicyclic) bond motifs is 10. The van der Waals surface area contributed by atoms with E-state index < -0.39 is 0 Å². The standard InChI is InChI=1S/C46H33BN2S2/c1-46(2,3)28-26-37-45-38(27-28)49(36-21-13-25-42-44(36)30-15-5-11-23-40(30)51-42)34-19-9-7-17-32(34)47(45)31-16-6-8-18-33(31)48(37)35-20-12-24-41-43(35)29-14-4-10-22-39(29)50-41/h4-27H,1-3H3. The van der Waals surface area contributed by atoms with Gasteiger partial charge in [0.1, 0.15) is 0 Å². The van der Waals surface area contributed by atoms with Crippen LogP contribution in [0.1, 0.15) is 26.3 Å². The van der Waals surface area contributed by atoms with Crippen LogP contribution in [0.4, 0.5) is 34.1 Å². The summed E-state index contributed by atoms with van der Waals surface area (Å²) in [5, 5.41) is 5.28. The molecule has 7 aromatic carbocycles. The largest absolute Gasteiger partial charge is 0.311 e. The Bertz CT molecular complexity index is 2710. The molecule has 2 aromatic heterocycles. The summed E-state index contributed by atoms with van der Waals surface area (Å²) < 4.78 is 5.28. The predicted octanol–water partition coefficient (Wildman–Crippen LogP) is 11.8. The van der Waals surface area contributed by atoms with E-state index >= 15 is 0 Å². The molecule has 9 aromatic rings. The first kappa shape index (κ1) is 29.4. The number of hydrogen-bond acceptors (Lipinski definition) is 4. The average Bonchev–Trinajstić information content (AvgIpc) is 3.73. The van der Waals surface area contributed by atoms with Gasteiger partial charge in [0, 0.05) is 63.1 Å². The van der Waals surface area contributed by atoms with Gasteiger partial charge in [0.25, 0.3) is 6.71 Å². The van der Waals surface area contributed by atoms with Crippen LogP contribution in [0, 0.1) is 0 Å². The van der Waals surface area contributed by atoms with Crippen molar-refractivity contribution in [2.75, 3.05) is 9.80 Å². The number of rotatable bonds is 2. The van der Waals surface area contributed by atoms with Crippen molar-refractivity contribution in [1.82, 2.24) is 0 Å². The van der Waals surface area contributed by atoms with E-state index in [0.717, 1.165) is 0 Å². The second-order valence-corrected chi connectivity index (χ2v) is 17.1. The minimum Gasteiger partial charge on any atom is -0.311 e. The van der Waals surface area contributed by atoms with Crippen molar-refractivity contribution in [2.24, 2.45) is 0 Å². The zero-order valence-corrected chi connectivity index (χ0v) is 30.3. The quantitative estimate of drug-likeness (QED) is 0.167. The van der Waals surface area contributed by atoms with Gasteiger partial charge in [-0.1, -0.05) is 106 Å². The highest BCUT2D eigenvalue weighted by Crippen LogP contribution is 2.51. The van der Waals surface area contributed by atoms with E-state index in [1.54, 1.807) is 0 Å². The topological polar surface area (TPSA) is 6.48 Å². The fraction of sp³-hybridized carbons (Fsp3) is 0.0870. The van der Waals surface area contributed by atoms with Gasteiger partial charge in [-0.2, -0.15) is 0 Å². The van der Waals surface area contributed by atoms with Gasteiger partial charge >= 0.3 is 0 Å². The molecule has 0 aliphatic carbocycles. The van der Waals surface area contributed by atoms with Crippen molar-refractivity contribution < 1.29 is 0 Å². The second-order valence-electron chi connectivity index (χ2n) is 14.9. The summed E-state index contributed by atoms with van der Waals surface area (Å²) in [5.41, 5.74) is 12.8. The van der Waals surface area contributed by atoms with Crippen molar-refractivity contribution in [1.29, 1.82) is 0 Å². The van der Waals surface area contributed by atoms with Gasteiger partial charge in [0.05, 0.1) is 11.4 Å². The Hall–Kier alpha value is -5.36. The lowest BCUT2D eigenvalue weighted by Gasteiger charge is -2.45. The molecule has 242 valence electrons. The third-order valence-corrected chi connectivity index (χ3v) is 13.3. The molecule has 5 heteroatoms. The molecule has 2 nitrogen and oxygen atoms in total. The van der Waals surface area contributed by atoms with Crippen LogP contribution in [0.15, 0.2) is 146 Å². The highest BCUT2D eigenvalue weighted by Gasteiger charge is 2.44. The molecule has 0 spiro atoms. The molecular formula is C46H33BN2S2. The molecule has 4 heterocycles. The van der Waals surface area contributed by atoms with Gasteiger partial charge in [0.2, 0.25) is 0 Å². The van der Waals surface area contributed by atoms with Crippen LogP contribution in [-0.4, -0.2) is 6.71 Å². The maximum atomic E-state index is 2.59. The molecule has 0 saturated carbocycles. The maximum Gasteiger partial charge on any atom is 0.252 e. The van der Waals surface area contributed by atoms with Crippen LogP contribution in [-0.2, 0) is 5.41 Å². The minimum atomic E-state index is -0.0749. The average molecular weight is 689 g/mol. The number of hydrogen-bond donors (Lipinski definition) is 0. The highest BCUT2D eigenvalue weighted by atomic mass is 32.1. The summed E-state index contributed by atoms with van der Waals surface area (Å²) in [6.07, 6.45) is 0. The summed E-state index contributed by atoms with van der Waals surface area (Å²) in [5.74, 6) is 0. The Morgan fingerprint density at radius 3 is 1.33 bits per heavy atom. The molecule has 0 radical (unpaired) electrons. The Balaban J connectivity index is 1.29. The van der Waals surface area contributed by atoms with Crippen LogP contribution < -0.4 is 26.2 Å². The van der Waals surface area contributed by atoms with Gasteiger partial charge in [-0.15, -0.1) is 22.7 Å². The first-order chi connectivity index (χ1) is 25.0. The second kappa shape index (κ2) is 10.6. The molecule has 0 amide bonds. The third-order valence-electron chi connectivity index (χ3n) is 11.0. The third kappa shape index (κ3) is 4.10. The van der Waals surface area contributed by atoms with Crippen molar-refractivity contribution >= 4 is 120 Å². The monoisotopic (exact) mass is 688 g/mol. The van der Waals surface area contributed by atoms with E-state index in [1.165, 1.54) is 96.4 Å². The fourth-order valence-electron chi connectivity index (χ4n) is 8.73. The van der Waals surface area contributed by atoms with Crippen LogP contribution in [0.2, 0.25) is 0 Å². The molecule has 0 saturated heterocycles. The maximum absolute atomic E-state index is 2.59. The van der Waals surface area contributed by atoms with Gasteiger partial charge in [-0.25, -0.2) is 0 Å². The van der Waals surface area contributed by atoms with Gasteiger partial charge in [0.15, 0.2) is 0 Å². The Morgan fingerprint density at radius 2 is 0.843 bits per heavy atom. The SMILES string of the molecule is CC(C)(C)c1cc2c3c(c1)N(c1cccc4sc5ccccc5c14)c1ccccc1B3c1ccccc1N2c1cccc2sc3ccccc3c12. The van der Waals surface area contributed by atoms with Crippen LogP contribution >= 0.6 is 22.7 Å². The summed E-state index contributed by atoms with van der Waals surface area (Å²) in [4.78, 5) is 5.18. The normalized spacial score (nSPS) is 13.7. The number of thiophene rings is 2. The lowest BCUT2D eigenvalue weighted by atomic mass is 9.33. The van der Waals surface area contributed by atoms with Gasteiger partial charge < -0.3 is 9.80 Å². The van der Waals surface area contributed by atoms with Crippen LogP contribution in [0.5, 0.6) is 0 Å². The highest BCUT2D eigenvalue weighted by molar-refractivity contribution is 7.26. The molecule has 0 N–H and O–H groups in total. The Kier molecular flexibility index (Phi) is 6.10. The predicted molar refractivity (Wildman–Crippen MR) is 225 cm³/mol. The molecule has 0 unspecified atom stereocenters. The van der Waals surface area contributed by atoms with Gasteiger partial charge in [-0.3, -0.25) is 0 Å². The number of anilines is 6. The summed E-state index contributed by atoms with van der Waals surface area (Å²) in [6, 6.07) is 54.8. The minimum absolute atomic E-state index is 0.0749. The lowest BCUT2D eigenvalue weighted by molar-refractivity contribution is 0.590. The Labute approximate surface area is 305 Å². The van der Waals surface area contributed by atoms with Crippen molar-refractivity contribution in [3.63, 3.8) is 0 Å². The van der Waals surface area contributed by atoms with E-state index in [1.807, 2.05) is 22.7 Å². The molecule has 2 aliphatic rings. The van der Waals surface area contributed by atoms with Crippen molar-refractivity contribution in [3.05, 3.63) is 151 Å². The fourth-order valence-corrected chi connectivity index (χ4v) is 11.0. The van der Waals surface area contributed by atoms with Crippen LogP contribution in [0.25, 0.3) is 40.3 Å². The molecule has 51 heavy (non-hydrogen) atoms. The molecule has 0 fully saturated rings. The number of benzene rings is 7. The zero-order chi connectivity index (χ0) is 34.0. The number of nitrogens with zero attached hydrogens (tertiary/aromatic N) is 2. The number of para-hydroxylation sites is 2. The van der Waals surface area contributed by atoms with Crippen LogP contribution in [0.3, 0.4) is 0 Å². The first-order valence-electron chi connectivity index (χ1n) is 17.7. The summed E-state index contributed by atoms with van der Waals surface area (Å²) in [7, 11) is 0. The summed E-state index contributed by atoms with van der Waals surface area (Å²) in [6.45, 7) is 7.14. The van der Waals surface area contributed by atoms with E-state index in [4.69, 9.17) is 0 Å². The van der Waals surface area contributed by atoms with E-state index in [0.29, 0.717) is 0 Å².